The molecular weight excluding hydrogens is 457 g/mol. The van der Waals surface area contributed by atoms with Gasteiger partial charge >= 0.3 is 0 Å². The first kappa shape index (κ1) is 21.6. The van der Waals surface area contributed by atoms with Crippen molar-refractivity contribution in [1.82, 2.24) is 30.4 Å². The highest BCUT2D eigenvalue weighted by Gasteiger charge is 2.14. The molecule has 0 fully saturated rings. The zero-order valence-electron chi connectivity index (χ0n) is 16.4. The maximum atomic E-state index is 5.57. The maximum absolute atomic E-state index is 5.57. The van der Waals surface area contributed by atoms with Crippen LogP contribution in [0.1, 0.15) is 54.7 Å². The molecule has 0 radical (unpaired) electrons. The molecule has 3 heterocycles. The van der Waals surface area contributed by atoms with E-state index >= 15 is 0 Å². The summed E-state index contributed by atoms with van der Waals surface area (Å²) in [6.07, 6.45) is 6.71. The predicted molar refractivity (Wildman–Crippen MR) is 115 cm³/mol. The molecule has 27 heavy (non-hydrogen) atoms. The Bertz CT molecular complexity index is 733. The molecule has 2 aromatic heterocycles. The number of hydrogen-bond donors (Lipinski definition) is 2. The van der Waals surface area contributed by atoms with E-state index in [9.17, 15) is 0 Å². The molecule has 0 atom stereocenters. The molecule has 0 saturated heterocycles. The van der Waals surface area contributed by atoms with E-state index in [0.717, 1.165) is 61.4 Å². The number of rotatable bonds is 6. The van der Waals surface area contributed by atoms with Gasteiger partial charge in [0.1, 0.15) is 17.4 Å². The number of oxazole rings is 1. The molecule has 8 nitrogen and oxygen atoms in total. The Morgan fingerprint density at radius 1 is 1.19 bits per heavy atom. The van der Waals surface area contributed by atoms with Crippen LogP contribution in [0.25, 0.3) is 0 Å². The summed E-state index contributed by atoms with van der Waals surface area (Å²) in [7, 11) is 1.76. The van der Waals surface area contributed by atoms with Crippen LogP contribution in [-0.2, 0) is 25.9 Å². The third kappa shape index (κ3) is 5.91. The van der Waals surface area contributed by atoms with Gasteiger partial charge in [0.2, 0.25) is 5.89 Å². The zero-order chi connectivity index (χ0) is 18.4. The fourth-order valence-corrected chi connectivity index (χ4v) is 3.18. The number of halogens is 1. The highest BCUT2D eigenvalue weighted by Crippen LogP contribution is 2.15. The molecule has 150 valence electrons. The van der Waals surface area contributed by atoms with Gasteiger partial charge in [-0.3, -0.25) is 4.99 Å². The first-order valence-corrected chi connectivity index (χ1v) is 9.45. The van der Waals surface area contributed by atoms with Crippen molar-refractivity contribution in [3.63, 3.8) is 0 Å². The van der Waals surface area contributed by atoms with Crippen LogP contribution in [0.2, 0.25) is 0 Å². The lowest BCUT2D eigenvalue weighted by atomic mass is 10.2. The van der Waals surface area contributed by atoms with Gasteiger partial charge in [0.25, 0.3) is 0 Å². The fraction of sp³-hybridized carbons (Fsp3) is 0.667. The fourth-order valence-electron chi connectivity index (χ4n) is 3.18. The summed E-state index contributed by atoms with van der Waals surface area (Å²) < 4.78 is 7.89. The van der Waals surface area contributed by atoms with Crippen molar-refractivity contribution in [2.45, 2.75) is 65.5 Å². The lowest BCUT2D eigenvalue weighted by Crippen LogP contribution is -2.37. The Labute approximate surface area is 177 Å². The molecule has 0 saturated carbocycles. The van der Waals surface area contributed by atoms with E-state index in [-0.39, 0.29) is 24.0 Å². The van der Waals surface area contributed by atoms with E-state index in [1.54, 1.807) is 7.05 Å². The lowest BCUT2D eigenvalue weighted by Gasteiger charge is -2.11. The third-order valence-corrected chi connectivity index (χ3v) is 4.76. The van der Waals surface area contributed by atoms with E-state index < -0.39 is 0 Å². The van der Waals surface area contributed by atoms with E-state index in [4.69, 9.17) is 4.42 Å². The summed E-state index contributed by atoms with van der Waals surface area (Å²) in [5.74, 6) is 4.54. The highest BCUT2D eigenvalue weighted by molar-refractivity contribution is 14.0. The number of nitrogens with zero attached hydrogens (tertiary/aromatic N) is 5. The molecule has 0 unspecified atom stereocenters. The third-order valence-electron chi connectivity index (χ3n) is 4.76. The normalized spacial score (nSPS) is 14.3. The summed E-state index contributed by atoms with van der Waals surface area (Å²) >= 11 is 0. The van der Waals surface area contributed by atoms with Crippen LogP contribution in [0.15, 0.2) is 9.41 Å². The molecular formula is C18H30IN7O. The number of aromatic nitrogens is 4. The molecule has 0 amide bonds. The van der Waals surface area contributed by atoms with E-state index in [2.05, 4.69) is 35.4 Å². The number of aliphatic imine (C=N–C) groups is 1. The van der Waals surface area contributed by atoms with Gasteiger partial charge in [-0.2, -0.15) is 0 Å². The van der Waals surface area contributed by atoms with E-state index in [1.165, 1.54) is 19.3 Å². The average Bonchev–Trinajstić information content (AvgIpc) is 3.07. The van der Waals surface area contributed by atoms with Crippen molar-refractivity contribution in [2.75, 3.05) is 13.6 Å². The van der Waals surface area contributed by atoms with Gasteiger partial charge in [-0.1, -0.05) is 6.42 Å². The quantitative estimate of drug-likeness (QED) is 0.282. The van der Waals surface area contributed by atoms with Crippen LogP contribution in [0, 0.1) is 13.8 Å². The Kier molecular flexibility index (Phi) is 8.52. The molecule has 0 spiro atoms. The summed E-state index contributed by atoms with van der Waals surface area (Å²) in [5, 5.41) is 15.3. The smallest absolute Gasteiger partial charge is 0.214 e. The predicted octanol–water partition coefficient (Wildman–Crippen LogP) is 2.53. The average molecular weight is 487 g/mol. The second-order valence-corrected chi connectivity index (χ2v) is 6.70. The van der Waals surface area contributed by atoms with Crippen molar-refractivity contribution in [3.05, 3.63) is 29.0 Å². The Balaban J connectivity index is 0.00000261. The number of hydrogen-bond acceptors (Lipinski definition) is 5. The molecule has 2 N–H and O–H groups in total. The van der Waals surface area contributed by atoms with Crippen LogP contribution in [0.3, 0.4) is 0 Å². The van der Waals surface area contributed by atoms with Gasteiger partial charge in [0, 0.05) is 33.0 Å². The summed E-state index contributed by atoms with van der Waals surface area (Å²) in [6, 6.07) is 0. The molecule has 3 rings (SSSR count). The van der Waals surface area contributed by atoms with Crippen LogP contribution in [-0.4, -0.2) is 39.3 Å². The number of aryl methyl sites for hydroxylation is 4. The van der Waals surface area contributed by atoms with Gasteiger partial charge in [-0.25, -0.2) is 4.98 Å². The van der Waals surface area contributed by atoms with Gasteiger partial charge in [-0.05, 0) is 33.1 Å². The Morgan fingerprint density at radius 3 is 2.78 bits per heavy atom. The second kappa shape index (κ2) is 10.6. The zero-order valence-corrected chi connectivity index (χ0v) is 18.7. The largest absolute Gasteiger partial charge is 0.444 e. The van der Waals surface area contributed by atoms with Gasteiger partial charge in [-0.15, -0.1) is 34.2 Å². The maximum Gasteiger partial charge on any atom is 0.214 e. The highest BCUT2D eigenvalue weighted by atomic mass is 127. The summed E-state index contributed by atoms with van der Waals surface area (Å²) in [5.41, 5.74) is 0.928. The van der Waals surface area contributed by atoms with Crippen molar-refractivity contribution < 1.29 is 4.42 Å². The van der Waals surface area contributed by atoms with Crippen LogP contribution >= 0.6 is 24.0 Å². The molecule has 9 heteroatoms. The van der Waals surface area contributed by atoms with Crippen molar-refractivity contribution >= 4 is 29.9 Å². The molecule has 1 aliphatic heterocycles. The first-order chi connectivity index (χ1) is 12.7. The van der Waals surface area contributed by atoms with Crippen molar-refractivity contribution in [2.24, 2.45) is 4.99 Å². The number of guanidine groups is 1. The molecule has 0 bridgehead atoms. The van der Waals surface area contributed by atoms with Crippen LogP contribution in [0.4, 0.5) is 0 Å². The number of fused-ring (bicyclic) bond motifs is 1. The van der Waals surface area contributed by atoms with Gasteiger partial charge < -0.3 is 19.6 Å². The minimum Gasteiger partial charge on any atom is -0.444 e. The SMILES string of the molecule is CN=C(NCCCc1nnc2n1CCCCC2)NCc1nc(C)c(C)o1.I. The topological polar surface area (TPSA) is 93.2 Å². The molecule has 1 aliphatic rings. The lowest BCUT2D eigenvalue weighted by molar-refractivity contribution is 0.463. The van der Waals surface area contributed by atoms with Gasteiger partial charge in [0.15, 0.2) is 5.96 Å². The molecule has 0 aromatic carbocycles. The first-order valence-electron chi connectivity index (χ1n) is 9.45. The second-order valence-electron chi connectivity index (χ2n) is 6.70. The minimum absolute atomic E-state index is 0. The number of nitrogens with one attached hydrogen (secondary N) is 2. The molecule has 0 aliphatic carbocycles. The van der Waals surface area contributed by atoms with Crippen molar-refractivity contribution in [3.8, 4) is 0 Å². The standard InChI is InChI=1S/C18H29N7O.HI/c1-13-14(2)26-17(22-13)12-21-18(19-3)20-10-7-9-16-24-23-15-8-5-4-6-11-25(15)16;/h4-12H2,1-3H3,(H2,19,20,21);1H. The van der Waals surface area contributed by atoms with Crippen LogP contribution < -0.4 is 10.6 Å². The van der Waals surface area contributed by atoms with E-state index in [0.29, 0.717) is 12.4 Å². The molecule has 2 aromatic rings. The Morgan fingerprint density at radius 2 is 2.04 bits per heavy atom. The monoisotopic (exact) mass is 487 g/mol. The van der Waals surface area contributed by atoms with E-state index in [1.807, 2.05) is 13.8 Å². The minimum atomic E-state index is 0. The van der Waals surface area contributed by atoms with Gasteiger partial charge in [0.05, 0.1) is 12.2 Å². The summed E-state index contributed by atoms with van der Waals surface area (Å²) in [4.78, 5) is 8.61. The Hall–Kier alpha value is -1.65. The van der Waals surface area contributed by atoms with Crippen molar-refractivity contribution in [1.29, 1.82) is 0 Å². The summed E-state index contributed by atoms with van der Waals surface area (Å²) in [6.45, 7) is 6.27. The van der Waals surface area contributed by atoms with Crippen LogP contribution in [0.5, 0.6) is 0 Å².